The highest BCUT2D eigenvalue weighted by Crippen LogP contribution is 2.18. The van der Waals surface area contributed by atoms with Crippen LogP contribution >= 0.6 is 0 Å². The van der Waals surface area contributed by atoms with Gasteiger partial charge in [0, 0.05) is 13.1 Å². The molecule has 7 nitrogen and oxygen atoms in total. The Hall–Kier alpha value is -2.83. The zero-order valence-corrected chi connectivity index (χ0v) is 18.0. The molecule has 1 amide bonds. The van der Waals surface area contributed by atoms with Gasteiger partial charge in [0.25, 0.3) is 5.91 Å². The summed E-state index contributed by atoms with van der Waals surface area (Å²) >= 11 is 0. The minimum Gasteiger partial charge on any atom is -0.489 e. The normalized spacial score (nSPS) is 15.4. The molecule has 1 aliphatic rings. The third-order valence-electron chi connectivity index (χ3n) is 5.41. The van der Waals surface area contributed by atoms with Crippen LogP contribution in [0.3, 0.4) is 0 Å². The van der Waals surface area contributed by atoms with Crippen LogP contribution in [0, 0.1) is 13.8 Å². The maximum atomic E-state index is 12.5. The van der Waals surface area contributed by atoms with E-state index in [0.29, 0.717) is 12.4 Å². The summed E-state index contributed by atoms with van der Waals surface area (Å²) in [6, 6.07) is 7.27. The lowest BCUT2D eigenvalue weighted by molar-refractivity contribution is -0.158. The SMILES string of the molecule is Cc1noc(C)c1COc1ccc(CC(=O)O[C@@H](C)C(=O)N2CCCCCC2)cc1. The summed E-state index contributed by atoms with van der Waals surface area (Å²) in [5.41, 5.74) is 2.56. The zero-order valence-electron chi connectivity index (χ0n) is 18.0. The topological polar surface area (TPSA) is 81.9 Å². The molecule has 0 saturated carbocycles. The standard InChI is InChI=1S/C23H30N2O5/c1-16-21(17(2)30-24-16)15-28-20-10-8-19(9-11-20)14-22(26)29-18(3)23(27)25-12-6-4-5-7-13-25/h8-11,18H,4-7,12-15H2,1-3H3/t18-/m0/s1. The summed E-state index contributed by atoms with van der Waals surface area (Å²) in [6.45, 7) is 7.25. The average Bonchev–Trinajstić information content (AvgIpc) is 2.91. The molecule has 0 aliphatic carbocycles. The number of benzene rings is 1. The van der Waals surface area contributed by atoms with Gasteiger partial charge >= 0.3 is 5.97 Å². The largest absolute Gasteiger partial charge is 0.489 e. The van der Waals surface area contributed by atoms with Crippen molar-refractivity contribution in [3.63, 3.8) is 0 Å². The number of carbonyl (C=O) groups excluding carboxylic acids is 2. The number of rotatable bonds is 7. The lowest BCUT2D eigenvalue weighted by atomic mass is 10.1. The molecule has 1 aliphatic heterocycles. The van der Waals surface area contributed by atoms with Gasteiger partial charge in [-0.2, -0.15) is 0 Å². The van der Waals surface area contributed by atoms with Gasteiger partial charge in [-0.3, -0.25) is 9.59 Å². The van der Waals surface area contributed by atoms with Crippen molar-refractivity contribution in [3.05, 3.63) is 46.8 Å². The highest BCUT2D eigenvalue weighted by atomic mass is 16.5. The molecule has 162 valence electrons. The Balaban J connectivity index is 1.47. The summed E-state index contributed by atoms with van der Waals surface area (Å²) in [5, 5.41) is 3.91. The first-order valence-electron chi connectivity index (χ1n) is 10.6. The van der Waals surface area contributed by atoms with E-state index in [-0.39, 0.29) is 12.3 Å². The molecular weight excluding hydrogens is 384 g/mol. The molecule has 2 aromatic rings. The summed E-state index contributed by atoms with van der Waals surface area (Å²) in [4.78, 5) is 26.6. The third-order valence-corrected chi connectivity index (χ3v) is 5.41. The van der Waals surface area contributed by atoms with Crippen molar-refractivity contribution in [1.29, 1.82) is 0 Å². The van der Waals surface area contributed by atoms with Crippen molar-refractivity contribution in [2.45, 2.75) is 65.6 Å². The molecule has 0 spiro atoms. The highest BCUT2D eigenvalue weighted by Gasteiger charge is 2.24. The average molecular weight is 415 g/mol. The molecule has 1 atom stereocenters. The molecule has 2 heterocycles. The maximum absolute atomic E-state index is 12.5. The van der Waals surface area contributed by atoms with Crippen molar-refractivity contribution in [3.8, 4) is 5.75 Å². The van der Waals surface area contributed by atoms with Gasteiger partial charge < -0.3 is 18.9 Å². The van der Waals surface area contributed by atoms with Gasteiger partial charge in [-0.15, -0.1) is 0 Å². The Morgan fingerprint density at radius 1 is 1.10 bits per heavy atom. The lowest BCUT2D eigenvalue weighted by Gasteiger charge is -2.24. The molecule has 1 aromatic carbocycles. The number of nitrogens with zero attached hydrogens (tertiary/aromatic N) is 2. The second-order valence-electron chi connectivity index (χ2n) is 7.78. The van der Waals surface area contributed by atoms with Gasteiger partial charge in [0.15, 0.2) is 6.10 Å². The Labute approximate surface area is 177 Å². The van der Waals surface area contributed by atoms with Crippen molar-refractivity contribution in [2.24, 2.45) is 0 Å². The minimum absolute atomic E-state index is 0.103. The van der Waals surface area contributed by atoms with Gasteiger partial charge in [0.05, 0.1) is 17.7 Å². The van der Waals surface area contributed by atoms with E-state index >= 15 is 0 Å². The molecule has 30 heavy (non-hydrogen) atoms. The first-order chi connectivity index (χ1) is 14.4. The highest BCUT2D eigenvalue weighted by molar-refractivity contribution is 5.84. The van der Waals surface area contributed by atoms with Crippen molar-refractivity contribution in [2.75, 3.05) is 13.1 Å². The zero-order chi connectivity index (χ0) is 21.5. The number of carbonyl (C=O) groups is 2. The fraction of sp³-hybridized carbons (Fsp3) is 0.522. The van der Waals surface area contributed by atoms with Gasteiger partial charge in [-0.05, 0) is 51.3 Å². The Morgan fingerprint density at radius 3 is 2.37 bits per heavy atom. The number of ether oxygens (including phenoxy) is 2. The van der Waals surface area contributed by atoms with Crippen molar-refractivity contribution >= 4 is 11.9 Å². The molecule has 7 heteroatoms. The first kappa shape index (κ1) is 21.9. The summed E-state index contributed by atoms with van der Waals surface area (Å²) in [6.07, 6.45) is 3.68. The van der Waals surface area contributed by atoms with E-state index in [9.17, 15) is 9.59 Å². The van der Waals surface area contributed by atoms with Crippen LogP contribution in [-0.4, -0.2) is 41.1 Å². The van der Waals surface area contributed by atoms with Crippen LogP contribution in [0.2, 0.25) is 0 Å². The Morgan fingerprint density at radius 2 is 1.77 bits per heavy atom. The van der Waals surface area contributed by atoms with Crippen LogP contribution in [0.25, 0.3) is 0 Å². The van der Waals surface area contributed by atoms with Crippen molar-refractivity contribution in [1.82, 2.24) is 10.1 Å². The molecular formula is C23H30N2O5. The number of aromatic nitrogens is 1. The first-order valence-corrected chi connectivity index (χ1v) is 10.6. The second-order valence-corrected chi connectivity index (χ2v) is 7.78. The van der Waals surface area contributed by atoms with E-state index in [1.165, 1.54) is 0 Å². The molecule has 0 radical (unpaired) electrons. The van der Waals surface area contributed by atoms with Gasteiger partial charge in [0.2, 0.25) is 0 Å². The fourth-order valence-electron chi connectivity index (χ4n) is 3.57. The minimum atomic E-state index is -0.756. The maximum Gasteiger partial charge on any atom is 0.311 e. The van der Waals surface area contributed by atoms with E-state index in [0.717, 1.165) is 61.4 Å². The van der Waals surface area contributed by atoms with Crippen LogP contribution in [0.4, 0.5) is 0 Å². The van der Waals surface area contributed by atoms with E-state index in [1.807, 2.05) is 43.0 Å². The summed E-state index contributed by atoms with van der Waals surface area (Å²) in [5.74, 6) is 0.927. The Bertz CT molecular complexity index is 831. The fourth-order valence-corrected chi connectivity index (χ4v) is 3.57. The number of hydrogen-bond donors (Lipinski definition) is 0. The van der Waals surface area contributed by atoms with Gasteiger partial charge in [0.1, 0.15) is 18.1 Å². The molecule has 3 rings (SSSR count). The molecule has 0 N–H and O–H groups in total. The molecule has 1 saturated heterocycles. The van der Waals surface area contributed by atoms with Crippen LogP contribution in [0.1, 0.15) is 55.2 Å². The second kappa shape index (κ2) is 10.3. The molecule has 1 fully saturated rings. The van der Waals surface area contributed by atoms with E-state index < -0.39 is 12.1 Å². The quantitative estimate of drug-likeness (QED) is 0.642. The van der Waals surface area contributed by atoms with E-state index in [4.69, 9.17) is 14.0 Å². The van der Waals surface area contributed by atoms with Gasteiger partial charge in [-0.25, -0.2) is 0 Å². The third kappa shape index (κ3) is 5.84. The van der Waals surface area contributed by atoms with Crippen LogP contribution in [-0.2, 0) is 27.4 Å². The predicted molar refractivity (Wildman–Crippen MR) is 111 cm³/mol. The number of esters is 1. The molecule has 1 aromatic heterocycles. The smallest absolute Gasteiger partial charge is 0.311 e. The molecule has 0 bridgehead atoms. The number of likely N-dealkylation sites (tertiary alicyclic amines) is 1. The lowest BCUT2D eigenvalue weighted by Crippen LogP contribution is -2.40. The van der Waals surface area contributed by atoms with Crippen LogP contribution in [0.15, 0.2) is 28.8 Å². The monoisotopic (exact) mass is 414 g/mol. The number of amides is 1. The van der Waals surface area contributed by atoms with Crippen LogP contribution in [0.5, 0.6) is 5.75 Å². The van der Waals surface area contributed by atoms with Crippen molar-refractivity contribution < 1.29 is 23.6 Å². The predicted octanol–water partition coefficient (Wildman–Crippen LogP) is 3.75. The summed E-state index contributed by atoms with van der Waals surface area (Å²) in [7, 11) is 0. The van der Waals surface area contributed by atoms with E-state index in [1.54, 1.807) is 6.92 Å². The van der Waals surface area contributed by atoms with Crippen LogP contribution < -0.4 is 4.74 Å². The summed E-state index contributed by atoms with van der Waals surface area (Å²) < 4.78 is 16.3. The number of aryl methyl sites for hydroxylation is 2. The van der Waals surface area contributed by atoms with Gasteiger partial charge in [-0.1, -0.05) is 30.1 Å². The Kier molecular flexibility index (Phi) is 7.49. The number of hydrogen-bond acceptors (Lipinski definition) is 6. The molecule has 0 unspecified atom stereocenters. The van der Waals surface area contributed by atoms with E-state index in [2.05, 4.69) is 5.16 Å².